The molecule has 114 valence electrons. The van der Waals surface area contributed by atoms with Crippen molar-refractivity contribution in [2.75, 3.05) is 7.11 Å². The van der Waals surface area contributed by atoms with Crippen molar-refractivity contribution in [2.24, 2.45) is 5.84 Å². The van der Waals surface area contributed by atoms with Crippen LogP contribution in [0.3, 0.4) is 0 Å². The zero-order chi connectivity index (χ0) is 14.9. The molecule has 0 saturated heterocycles. The first-order valence-corrected chi connectivity index (χ1v) is 7.70. The van der Waals surface area contributed by atoms with E-state index in [4.69, 9.17) is 15.7 Å². The normalized spacial score (nSPS) is 18.6. The number of rotatable bonds is 6. The van der Waals surface area contributed by atoms with E-state index in [0.717, 1.165) is 31.5 Å². The zero-order valence-electron chi connectivity index (χ0n) is 12.8. The first-order chi connectivity index (χ1) is 10.2. The topological polar surface area (TPSA) is 65.1 Å². The average molecular weight is 288 g/mol. The third kappa shape index (κ3) is 2.35. The van der Waals surface area contributed by atoms with E-state index in [-0.39, 0.29) is 11.6 Å². The molecule has 0 aliphatic heterocycles. The predicted molar refractivity (Wildman–Crippen MR) is 83.8 cm³/mol. The smallest absolute Gasteiger partial charge is 0.0848 e. The molecule has 1 aliphatic carbocycles. The first-order valence-electron chi connectivity index (χ1n) is 7.70. The molecule has 0 spiro atoms. The first kappa shape index (κ1) is 14.5. The highest BCUT2D eigenvalue weighted by atomic mass is 16.5. The van der Waals surface area contributed by atoms with Crippen LogP contribution >= 0.6 is 0 Å². The molecule has 3 rings (SSSR count). The van der Waals surface area contributed by atoms with Crippen molar-refractivity contribution >= 4 is 10.9 Å². The van der Waals surface area contributed by atoms with Crippen molar-refractivity contribution < 1.29 is 4.74 Å². The summed E-state index contributed by atoms with van der Waals surface area (Å²) in [6.07, 6.45) is 4.11. The molecule has 1 atom stereocenters. The van der Waals surface area contributed by atoms with Crippen molar-refractivity contribution in [3.05, 3.63) is 30.0 Å². The molecule has 2 aromatic rings. The summed E-state index contributed by atoms with van der Waals surface area (Å²) in [5.41, 5.74) is 5.11. The second kappa shape index (κ2) is 5.75. The summed E-state index contributed by atoms with van der Waals surface area (Å²) in [4.78, 5) is 0. The Morgan fingerprint density at radius 3 is 2.76 bits per heavy atom. The summed E-state index contributed by atoms with van der Waals surface area (Å²) in [5.74, 6) is 5.81. The van der Waals surface area contributed by atoms with E-state index in [9.17, 15) is 0 Å². The number of ether oxygens (including phenoxy) is 1. The van der Waals surface area contributed by atoms with Gasteiger partial charge in [-0.25, -0.2) is 0 Å². The van der Waals surface area contributed by atoms with Gasteiger partial charge in [-0.2, -0.15) is 5.10 Å². The summed E-state index contributed by atoms with van der Waals surface area (Å²) in [5, 5.41) is 5.98. The molecule has 3 N–H and O–H groups in total. The SMILES string of the molecule is CCn1nc(CC(NN)C2(OC)CCC2)c2ccccc21. The van der Waals surface area contributed by atoms with E-state index < -0.39 is 0 Å². The number of nitrogens with two attached hydrogens (primary N) is 1. The van der Waals surface area contributed by atoms with E-state index in [2.05, 4.69) is 41.3 Å². The number of aryl methyl sites for hydroxylation is 1. The van der Waals surface area contributed by atoms with Crippen LogP contribution < -0.4 is 11.3 Å². The molecular formula is C16H24N4O. The molecule has 1 saturated carbocycles. The number of para-hydroxylation sites is 1. The largest absolute Gasteiger partial charge is 0.377 e. The van der Waals surface area contributed by atoms with Crippen LogP contribution in [0.15, 0.2) is 24.3 Å². The van der Waals surface area contributed by atoms with E-state index >= 15 is 0 Å². The maximum atomic E-state index is 5.81. The third-order valence-electron chi connectivity index (χ3n) is 4.87. The minimum absolute atomic E-state index is 0.0971. The zero-order valence-corrected chi connectivity index (χ0v) is 12.8. The number of aromatic nitrogens is 2. The maximum Gasteiger partial charge on any atom is 0.0848 e. The minimum atomic E-state index is -0.133. The Balaban J connectivity index is 1.93. The average Bonchev–Trinajstić information content (AvgIpc) is 2.84. The number of fused-ring (bicyclic) bond motifs is 1. The molecular weight excluding hydrogens is 264 g/mol. The summed E-state index contributed by atoms with van der Waals surface area (Å²) in [6, 6.07) is 8.47. The van der Waals surface area contributed by atoms with Gasteiger partial charge < -0.3 is 4.74 Å². The molecule has 1 unspecified atom stereocenters. The lowest BCUT2D eigenvalue weighted by atomic mass is 9.73. The van der Waals surface area contributed by atoms with E-state index in [1.807, 2.05) is 0 Å². The second-order valence-electron chi connectivity index (χ2n) is 5.83. The van der Waals surface area contributed by atoms with Gasteiger partial charge in [0.05, 0.1) is 22.9 Å². The summed E-state index contributed by atoms with van der Waals surface area (Å²) >= 11 is 0. The van der Waals surface area contributed by atoms with Crippen molar-refractivity contribution in [3.8, 4) is 0 Å². The van der Waals surface area contributed by atoms with Crippen LogP contribution in [0.4, 0.5) is 0 Å². The van der Waals surface area contributed by atoms with Crippen molar-refractivity contribution in [1.29, 1.82) is 0 Å². The van der Waals surface area contributed by atoms with Gasteiger partial charge in [-0.15, -0.1) is 0 Å². The minimum Gasteiger partial charge on any atom is -0.377 e. The molecule has 21 heavy (non-hydrogen) atoms. The monoisotopic (exact) mass is 288 g/mol. The number of nitrogens with zero attached hydrogens (tertiary/aromatic N) is 2. The van der Waals surface area contributed by atoms with Gasteiger partial charge in [-0.05, 0) is 32.3 Å². The van der Waals surface area contributed by atoms with Gasteiger partial charge in [-0.3, -0.25) is 16.0 Å². The molecule has 1 aliphatic rings. The Hall–Kier alpha value is -1.43. The van der Waals surface area contributed by atoms with Gasteiger partial charge in [0.2, 0.25) is 0 Å². The Morgan fingerprint density at radius 1 is 1.43 bits per heavy atom. The number of hydrogen-bond acceptors (Lipinski definition) is 4. The van der Waals surface area contributed by atoms with Gasteiger partial charge >= 0.3 is 0 Å². The van der Waals surface area contributed by atoms with Crippen LogP contribution in [-0.2, 0) is 17.7 Å². The summed E-state index contributed by atoms with van der Waals surface area (Å²) in [6.45, 7) is 2.99. The Bertz CT molecular complexity index is 612. The summed E-state index contributed by atoms with van der Waals surface area (Å²) < 4.78 is 7.82. The molecule has 1 aromatic heterocycles. The highest BCUT2D eigenvalue weighted by molar-refractivity contribution is 5.82. The second-order valence-corrected chi connectivity index (χ2v) is 5.83. The number of methoxy groups -OCH3 is 1. The quantitative estimate of drug-likeness (QED) is 0.630. The molecule has 5 heteroatoms. The number of hydrazine groups is 1. The van der Waals surface area contributed by atoms with Gasteiger partial charge in [0.1, 0.15) is 0 Å². The van der Waals surface area contributed by atoms with Crippen LogP contribution in [0.25, 0.3) is 10.9 Å². The van der Waals surface area contributed by atoms with Gasteiger partial charge in [0, 0.05) is 25.5 Å². The molecule has 0 radical (unpaired) electrons. The highest BCUT2D eigenvalue weighted by Gasteiger charge is 2.44. The molecule has 0 amide bonds. The van der Waals surface area contributed by atoms with Crippen LogP contribution in [0.1, 0.15) is 31.9 Å². The van der Waals surface area contributed by atoms with Crippen LogP contribution in [-0.4, -0.2) is 28.5 Å². The lowest BCUT2D eigenvalue weighted by molar-refractivity contribution is -0.0983. The van der Waals surface area contributed by atoms with Crippen LogP contribution in [0.5, 0.6) is 0 Å². The Kier molecular flexibility index (Phi) is 3.97. The third-order valence-corrected chi connectivity index (χ3v) is 4.87. The van der Waals surface area contributed by atoms with E-state index in [0.29, 0.717) is 0 Å². The van der Waals surface area contributed by atoms with Gasteiger partial charge in [0.25, 0.3) is 0 Å². The number of benzene rings is 1. The van der Waals surface area contributed by atoms with Gasteiger partial charge in [0.15, 0.2) is 0 Å². The Labute approximate surface area is 125 Å². The number of hydrogen-bond donors (Lipinski definition) is 2. The lowest BCUT2D eigenvalue weighted by Crippen LogP contribution is -2.59. The molecule has 5 nitrogen and oxygen atoms in total. The van der Waals surface area contributed by atoms with Crippen LogP contribution in [0, 0.1) is 0 Å². The Morgan fingerprint density at radius 2 is 2.19 bits per heavy atom. The van der Waals surface area contributed by atoms with Crippen LogP contribution in [0.2, 0.25) is 0 Å². The van der Waals surface area contributed by atoms with Gasteiger partial charge in [-0.1, -0.05) is 18.2 Å². The highest BCUT2D eigenvalue weighted by Crippen LogP contribution is 2.39. The lowest BCUT2D eigenvalue weighted by Gasteiger charge is -2.46. The fourth-order valence-electron chi connectivity index (χ4n) is 3.40. The molecule has 1 heterocycles. The van der Waals surface area contributed by atoms with E-state index in [1.54, 1.807) is 7.11 Å². The molecule has 1 aromatic carbocycles. The predicted octanol–water partition coefficient (Wildman–Crippen LogP) is 2.00. The van der Waals surface area contributed by atoms with Crippen molar-refractivity contribution in [1.82, 2.24) is 15.2 Å². The molecule has 0 bridgehead atoms. The fourth-order valence-corrected chi connectivity index (χ4v) is 3.40. The number of nitrogens with one attached hydrogen (secondary N) is 1. The van der Waals surface area contributed by atoms with Crippen molar-refractivity contribution in [2.45, 2.75) is 50.8 Å². The fraction of sp³-hybridized carbons (Fsp3) is 0.562. The standard InChI is InChI=1S/C16H24N4O/c1-3-20-14-8-5-4-7-12(14)13(19-20)11-15(18-17)16(21-2)9-6-10-16/h4-5,7-8,15,18H,3,6,9-11,17H2,1-2H3. The van der Waals surface area contributed by atoms with Crippen molar-refractivity contribution in [3.63, 3.8) is 0 Å². The summed E-state index contributed by atoms with van der Waals surface area (Å²) in [7, 11) is 1.78. The van der Waals surface area contributed by atoms with E-state index in [1.165, 1.54) is 17.3 Å². The molecule has 1 fully saturated rings. The maximum absolute atomic E-state index is 5.81.